The highest BCUT2D eigenvalue weighted by Gasteiger charge is 2.28. The Balaban J connectivity index is 1.72. The third-order valence-corrected chi connectivity index (χ3v) is 4.93. The van der Waals surface area contributed by atoms with Crippen molar-refractivity contribution in [2.75, 3.05) is 47.5 Å². The van der Waals surface area contributed by atoms with Crippen molar-refractivity contribution in [2.45, 2.75) is 0 Å². The van der Waals surface area contributed by atoms with Gasteiger partial charge in [-0.1, -0.05) is 0 Å². The van der Waals surface area contributed by atoms with Gasteiger partial charge in [0.25, 0.3) is 11.8 Å². The number of hydrogen-bond acceptors (Lipinski definition) is 5. The summed E-state index contributed by atoms with van der Waals surface area (Å²) in [6.45, 7) is 0.992. The molecule has 0 radical (unpaired) electrons. The van der Waals surface area contributed by atoms with Crippen LogP contribution in [0.5, 0.6) is 17.2 Å². The van der Waals surface area contributed by atoms with Gasteiger partial charge >= 0.3 is 0 Å². The minimum absolute atomic E-state index is 0.194. The van der Waals surface area contributed by atoms with Gasteiger partial charge in [0.05, 0.1) is 26.9 Å². The minimum Gasteiger partial charge on any atom is -0.493 e. The molecule has 0 spiro atoms. The summed E-state index contributed by atoms with van der Waals surface area (Å²) in [5.41, 5.74) is 0.162. The van der Waals surface area contributed by atoms with Crippen molar-refractivity contribution in [3.05, 3.63) is 53.1 Å². The summed E-state index contributed by atoms with van der Waals surface area (Å²) < 4.78 is 42.8. The molecule has 0 bridgehead atoms. The fourth-order valence-electron chi connectivity index (χ4n) is 3.33. The number of benzene rings is 2. The number of hydrogen-bond donors (Lipinski definition) is 0. The molecule has 1 fully saturated rings. The van der Waals surface area contributed by atoms with E-state index in [4.69, 9.17) is 14.2 Å². The molecule has 0 N–H and O–H groups in total. The van der Waals surface area contributed by atoms with E-state index < -0.39 is 17.5 Å². The van der Waals surface area contributed by atoms with Crippen LogP contribution < -0.4 is 14.2 Å². The molecule has 30 heavy (non-hydrogen) atoms. The number of carbonyl (C=O) groups excluding carboxylic acids is 2. The van der Waals surface area contributed by atoms with Gasteiger partial charge in [0.1, 0.15) is 11.6 Å². The summed E-state index contributed by atoms with van der Waals surface area (Å²) in [4.78, 5) is 28.5. The molecule has 9 heteroatoms. The van der Waals surface area contributed by atoms with E-state index >= 15 is 0 Å². The molecule has 1 aliphatic rings. The Labute approximate surface area is 172 Å². The number of ether oxygens (including phenoxy) is 3. The van der Waals surface area contributed by atoms with Crippen molar-refractivity contribution in [3.63, 3.8) is 0 Å². The molecule has 0 atom stereocenters. The molecule has 2 amide bonds. The Morgan fingerprint density at radius 3 is 1.80 bits per heavy atom. The third-order valence-electron chi connectivity index (χ3n) is 4.93. The van der Waals surface area contributed by atoms with E-state index in [0.29, 0.717) is 28.9 Å². The summed E-state index contributed by atoms with van der Waals surface area (Å²) in [6, 6.07) is 5.97. The maximum absolute atomic E-state index is 13.9. The van der Waals surface area contributed by atoms with Crippen molar-refractivity contribution in [1.82, 2.24) is 9.80 Å². The highest BCUT2D eigenvalue weighted by Crippen LogP contribution is 2.38. The maximum atomic E-state index is 13.9. The van der Waals surface area contributed by atoms with E-state index in [1.54, 1.807) is 17.0 Å². The first-order valence-corrected chi connectivity index (χ1v) is 9.23. The number of nitrogens with zero attached hydrogens (tertiary/aromatic N) is 2. The Kier molecular flexibility index (Phi) is 6.39. The Bertz CT molecular complexity index is 933. The van der Waals surface area contributed by atoms with Gasteiger partial charge in [0.2, 0.25) is 5.75 Å². The second-order valence-corrected chi connectivity index (χ2v) is 6.62. The van der Waals surface area contributed by atoms with E-state index in [2.05, 4.69) is 0 Å². The summed E-state index contributed by atoms with van der Waals surface area (Å²) in [6.07, 6.45) is 0. The lowest BCUT2D eigenvalue weighted by Crippen LogP contribution is -2.50. The van der Waals surface area contributed by atoms with Crippen LogP contribution >= 0.6 is 0 Å². The summed E-state index contributed by atoms with van der Waals surface area (Å²) in [7, 11) is 4.40. The van der Waals surface area contributed by atoms with Gasteiger partial charge in [-0.25, -0.2) is 8.78 Å². The normalized spacial score (nSPS) is 13.8. The van der Waals surface area contributed by atoms with E-state index in [9.17, 15) is 18.4 Å². The van der Waals surface area contributed by atoms with Crippen LogP contribution in [-0.2, 0) is 0 Å². The Morgan fingerprint density at radius 2 is 1.33 bits per heavy atom. The highest BCUT2D eigenvalue weighted by atomic mass is 19.1. The SMILES string of the molecule is COc1cc(C(=O)N2CCN(C(=O)c3ccc(F)cc3F)CC2)cc(OC)c1OC. The molecule has 0 unspecified atom stereocenters. The molecular weight excluding hydrogens is 398 g/mol. The molecule has 0 aromatic heterocycles. The fraction of sp³-hybridized carbons (Fsp3) is 0.333. The minimum atomic E-state index is -0.907. The van der Waals surface area contributed by atoms with E-state index in [1.807, 2.05) is 0 Å². The van der Waals surface area contributed by atoms with Gasteiger partial charge in [0.15, 0.2) is 11.5 Å². The lowest BCUT2D eigenvalue weighted by Gasteiger charge is -2.35. The summed E-state index contributed by atoms with van der Waals surface area (Å²) >= 11 is 0. The predicted molar refractivity (Wildman–Crippen MR) is 104 cm³/mol. The Hall–Kier alpha value is -3.36. The average molecular weight is 420 g/mol. The summed E-state index contributed by atoms with van der Waals surface area (Å²) in [5, 5.41) is 0. The zero-order chi connectivity index (χ0) is 21.8. The van der Waals surface area contributed by atoms with Crippen molar-refractivity contribution in [3.8, 4) is 17.2 Å². The van der Waals surface area contributed by atoms with Crippen LogP contribution in [0.1, 0.15) is 20.7 Å². The molecular formula is C21H22F2N2O5. The molecule has 3 rings (SSSR count). The van der Waals surface area contributed by atoms with Gasteiger partial charge in [-0.15, -0.1) is 0 Å². The first-order chi connectivity index (χ1) is 14.4. The largest absolute Gasteiger partial charge is 0.493 e. The maximum Gasteiger partial charge on any atom is 0.256 e. The molecule has 1 heterocycles. The first kappa shape index (κ1) is 21.4. The standard InChI is InChI=1S/C21H22F2N2O5/c1-28-17-10-13(11-18(29-2)19(17)30-3)20(26)24-6-8-25(9-7-24)21(27)15-5-4-14(22)12-16(15)23/h4-5,10-12H,6-9H2,1-3H3. The van der Waals surface area contributed by atoms with E-state index in [1.165, 1.54) is 26.2 Å². The number of halogens is 2. The second kappa shape index (κ2) is 8.98. The van der Waals surface area contributed by atoms with Crippen LogP contribution in [-0.4, -0.2) is 69.1 Å². The smallest absolute Gasteiger partial charge is 0.256 e. The molecule has 2 aromatic carbocycles. The number of carbonyl (C=O) groups is 2. The highest BCUT2D eigenvalue weighted by molar-refractivity contribution is 5.97. The molecule has 7 nitrogen and oxygen atoms in total. The van der Waals surface area contributed by atoms with Crippen molar-refractivity contribution in [1.29, 1.82) is 0 Å². The average Bonchev–Trinajstić information content (AvgIpc) is 2.77. The van der Waals surface area contributed by atoms with Crippen LogP contribution in [0.15, 0.2) is 30.3 Å². The topological polar surface area (TPSA) is 68.3 Å². The monoisotopic (exact) mass is 420 g/mol. The third kappa shape index (κ3) is 4.14. The lowest BCUT2D eigenvalue weighted by atomic mass is 10.1. The molecule has 2 aromatic rings. The number of rotatable bonds is 5. The first-order valence-electron chi connectivity index (χ1n) is 9.23. The molecule has 0 saturated carbocycles. The lowest BCUT2D eigenvalue weighted by molar-refractivity contribution is 0.0532. The van der Waals surface area contributed by atoms with Crippen molar-refractivity contribution >= 4 is 11.8 Å². The van der Waals surface area contributed by atoms with Gasteiger partial charge < -0.3 is 24.0 Å². The molecule has 160 valence electrons. The van der Waals surface area contributed by atoms with Crippen LogP contribution in [0.2, 0.25) is 0 Å². The van der Waals surface area contributed by atoms with Crippen LogP contribution in [0, 0.1) is 11.6 Å². The van der Waals surface area contributed by atoms with Crippen LogP contribution in [0.3, 0.4) is 0 Å². The summed E-state index contributed by atoms with van der Waals surface area (Å²) in [5.74, 6) is -1.34. The van der Waals surface area contributed by atoms with Gasteiger partial charge in [0, 0.05) is 37.8 Å². The van der Waals surface area contributed by atoms with Crippen LogP contribution in [0.25, 0.3) is 0 Å². The zero-order valence-electron chi connectivity index (χ0n) is 16.9. The molecule has 1 saturated heterocycles. The van der Waals surface area contributed by atoms with Crippen LogP contribution in [0.4, 0.5) is 8.78 Å². The quantitative estimate of drug-likeness (QED) is 0.744. The molecule has 0 aliphatic carbocycles. The van der Waals surface area contributed by atoms with Crippen molar-refractivity contribution < 1.29 is 32.6 Å². The number of amides is 2. The van der Waals surface area contributed by atoms with Gasteiger partial charge in [-0.05, 0) is 24.3 Å². The number of piperazine rings is 1. The zero-order valence-corrected chi connectivity index (χ0v) is 16.9. The van der Waals surface area contributed by atoms with E-state index in [0.717, 1.165) is 12.1 Å². The second-order valence-electron chi connectivity index (χ2n) is 6.62. The Morgan fingerprint density at radius 1 is 0.800 bits per heavy atom. The fourth-order valence-corrected chi connectivity index (χ4v) is 3.33. The predicted octanol–water partition coefficient (Wildman–Crippen LogP) is 2.59. The molecule has 1 aliphatic heterocycles. The number of methoxy groups -OCH3 is 3. The van der Waals surface area contributed by atoms with Crippen molar-refractivity contribution in [2.24, 2.45) is 0 Å². The van der Waals surface area contributed by atoms with E-state index in [-0.39, 0.29) is 37.6 Å². The van der Waals surface area contributed by atoms with Gasteiger partial charge in [-0.2, -0.15) is 0 Å². The van der Waals surface area contributed by atoms with Gasteiger partial charge in [-0.3, -0.25) is 9.59 Å².